The standard InChI is InChI=1S/C30H33NO4S/c32-25-17-15-24(16-18-25)31(26-19-27(36-28(26)30(34)35)22-9-5-2-6-10-22)29(33)23-13-11-21(12-14-23)20-7-3-1-4-8-20/h1-10,19,21,23-25,32H,11-18H2,(H,34,35). The highest BCUT2D eigenvalue weighted by Gasteiger charge is 2.38. The highest BCUT2D eigenvalue weighted by atomic mass is 32.1. The molecule has 36 heavy (non-hydrogen) atoms. The molecule has 188 valence electrons. The van der Waals surface area contributed by atoms with Crippen LogP contribution < -0.4 is 4.90 Å². The van der Waals surface area contributed by atoms with Gasteiger partial charge in [0.1, 0.15) is 4.88 Å². The van der Waals surface area contributed by atoms with Gasteiger partial charge in [-0.25, -0.2) is 4.79 Å². The third-order valence-corrected chi connectivity index (χ3v) is 9.00. The zero-order chi connectivity index (χ0) is 25.1. The number of rotatable bonds is 6. The van der Waals surface area contributed by atoms with Crippen molar-refractivity contribution >= 4 is 28.9 Å². The van der Waals surface area contributed by atoms with Crippen LogP contribution >= 0.6 is 11.3 Å². The number of benzene rings is 2. The fourth-order valence-corrected chi connectivity index (χ4v) is 6.86. The molecule has 1 amide bonds. The Bertz CT molecular complexity index is 1180. The summed E-state index contributed by atoms with van der Waals surface area (Å²) in [7, 11) is 0. The van der Waals surface area contributed by atoms with Crippen molar-refractivity contribution in [2.45, 2.75) is 69.4 Å². The number of carbonyl (C=O) groups is 2. The van der Waals surface area contributed by atoms with Gasteiger partial charge in [-0.15, -0.1) is 11.3 Å². The Morgan fingerprint density at radius 2 is 1.42 bits per heavy atom. The van der Waals surface area contributed by atoms with Crippen LogP contribution in [-0.2, 0) is 4.79 Å². The number of thiophene rings is 1. The number of amides is 1. The third-order valence-electron chi connectivity index (χ3n) is 7.84. The molecular weight excluding hydrogens is 470 g/mol. The maximum atomic E-state index is 14.1. The quantitative estimate of drug-likeness (QED) is 0.391. The van der Waals surface area contributed by atoms with Crippen LogP contribution in [0.2, 0.25) is 0 Å². The minimum Gasteiger partial charge on any atom is -0.477 e. The Kier molecular flexibility index (Phi) is 7.54. The number of hydrogen-bond acceptors (Lipinski definition) is 4. The van der Waals surface area contributed by atoms with E-state index in [-0.39, 0.29) is 28.8 Å². The van der Waals surface area contributed by atoms with Gasteiger partial charge < -0.3 is 15.1 Å². The summed E-state index contributed by atoms with van der Waals surface area (Å²) in [5.41, 5.74) is 2.80. The van der Waals surface area contributed by atoms with E-state index in [0.717, 1.165) is 36.1 Å². The average Bonchev–Trinajstić information content (AvgIpc) is 3.36. The zero-order valence-corrected chi connectivity index (χ0v) is 21.2. The Labute approximate surface area is 216 Å². The van der Waals surface area contributed by atoms with Gasteiger partial charge in [0, 0.05) is 16.8 Å². The van der Waals surface area contributed by atoms with Crippen molar-refractivity contribution in [2.24, 2.45) is 5.92 Å². The molecule has 0 spiro atoms. The molecule has 2 aliphatic rings. The first-order valence-corrected chi connectivity index (χ1v) is 13.8. The first kappa shape index (κ1) is 24.7. The predicted octanol–water partition coefficient (Wildman–Crippen LogP) is 6.72. The first-order valence-electron chi connectivity index (χ1n) is 13.0. The number of hydrogen-bond donors (Lipinski definition) is 2. The summed E-state index contributed by atoms with van der Waals surface area (Å²) < 4.78 is 0. The van der Waals surface area contributed by atoms with Gasteiger partial charge in [-0.2, -0.15) is 0 Å². The number of aliphatic hydroxyl groups is 1. The number of anilines is 1. The second-order valence-electron chi connectivity index (χ2n) is 10.1. The molecule has 5 rings (SSSR count). The van der Waals surface area contributed by atoms with Crippen molar-refractivity contribution in [3.63, 3.8) is 0 Å². The molecule has 5 nitrogen and oxygen atoms in total. The number of carbonyl (C=O) groups excluding carboxylic acids is 1. The van der Waals surface area contributed by atoms with Gasteiger partial charge in [0.2, 0.25) is 5.91 Å². The topological polar surface area (TPSA) is 77.8 Å². The van der Waals surface area contributed by atoms with Crippen molar-refractivity contribution in [2.75, 3.05) is 4.90 Å². The maximum Gasteiger partial charge on any atom is 0.348 e. The smallest absolute Gasteiger partial charge is 0.348 e. The summed E-state index contributed by atoms with van der Waals surface area (Å²) in [6.07, 6.45) is 5.82. The molecule has 0 unspecified atom stereocenters. The number of nitrogens with zero attached hydrogens (tertiary/aromatic N) is 1. The van der Waals surface area contributed by atoms with E-state index in [2.05, 4.69) is 24.3 Å². The fraction of sp³-hybridized carbons (Fsp3) is 0.400. The van der Waals surface area contributed by atoms with Crippen molar-refractivity contribution in [1.82, 2.24) is 0 Å². The molecule has 6 heteroatoms. The molecule has 2 N–H and O–H groups in total. The van der Waals surface area contributed by atoms with Crippen LogP contribution in [0.25, 0.3) is 10.4 Å². The lowest BCUT2D eigenvalue weighted by Crippen LogP contribution is -2.47. The second kappa shape index (κ2) is 11.0. The zero-order valence-electron chi connectivity index (χ0n) is 20.4. The van der Waals surface area contributed by atoms with E-state index < -0.39 is 5.97 Å². The molecule has 2 aromatic carbocycles. The van der Waals surface area contributed by atoms with E-state index in [0.29, 0.717) is 37.3 Å². The molecule has 0 bridgehead atoms. The molecule has 0 radical (unpaired) electrons. The molecule has 0 aliphatic heterocycles. The van der Waals surface area contributed by atoms with Crippen LogP contribution in [0.3, 0.4) is 0 Å². The molecule has 0 atom stereocenters. The van der Waals surface area contributed by atoms with Gasteiger partial charge in [-0.1, -0.05) is 60.7 Å². The maximum absolute atomic E-state index is 14.1. The SMILES string of the molecule is O=C(O)c1sc(-c2ccccc2)cc1N(C(=O)C1CCC(c2ccccc2)CC1)C1CCC(O)CC1. The molecular formula is C30H33NO4S. The highest BCUT2D eigenvalue weighted by Crippen LogP contribution is 2.42. The lowest BCUT2D eigenvalue weighted by molar-refractivity contribution is -0.124. The molecule has 3 aromatic rings. The van der Waals surface area contributed by atoms with Crippen molar-refractivity contribution in [1.29, 1.82) is 0 Å². The van der Waals surface area contributed by atoms with Crippen LogP contribution in [0.15, 0.2) is 66.7 Å². The Morgan fingerprint density at radius 1 is 0.806 bits per heavy atom. The summed E-state index contributed by atoms with van der Waals surface area (Å²) >= 11 is 1.23. The van der Waals surface area contributed by atoms with Crippen molar-refractivity contribution in [3.05, 3.63) is 77.2 Å². The predicted molar refractivity (Wildman–Crippen MR) is 144 cm³/mol. The molecule has 0 saturated heterocycles. The number of carboxylic acid groups (broad SMARTS) is 1. The lowest BCUT2D eigenvalue weighted by Gasteiger charge is -2.39. The largest absolute Gasteiger partial charge is 0.477 e. The highest BCUT2D eigenvalue weighted by molar-refractivity contribution is 7.18. The molecule has 2 aliphatic carbocycles. The van der Waals surface area contributed by atoms with E-state index >= 15 is 0 Å². The lowest BCUT2D eigenvalue weighted by atomic mass is 9.78. The Morgan fingerprint density at radius 3 is 2.03 bits per heavy atom. The van der Waals surface area contributed by atoms with Crippen LogP contribution in [0.1, 0.15) is 72.5 Å². The van der Waals surface area contributed by atoms with Crippen LogP contribution in [0, 0.1) is 5.92 Å². The van der Waals surface area contributed by atoms with Gasteiger partial charge in [0.15, 0.2) is 0 Å². The molecule has 1 heterocycles. The Hall–Kier alpha value is -2.96. The summed E-state index contributed by atoms with van der Waals surface area (Å²) in [4.78, 5) is 29.3. The van der Waals surface area contributed by atoms with E-state index in [1.165, 1.54) is 16.9 Å². The normalized spacial score (nSPS) is 24.2. The second-order valence-corrected chi connectivity index (χ2v) is 11.2. The number of carboxylic acids is 1. The minimum atomic E-state index is -1.00. The van der Waals surface area contributed by atoms with Gasteiger partial charge in [0.05, 0.1) is 11.8 Å². The van der Waals surface area contributed by atoms with Gasteiger partial charge in [-0.3, -0.25) is 4.79 Å². The van der Waals surface area contributed by atoms with Crippen LogP contribution in [0.5, 0.6) is 0 Å². The van der Waals surface area contributed by atoms with E-state index in [9.17, 15) is 19.8 Å². The first-order chi connectivity index (χ1) is 17.5. The van der Waals surface area contributed by atoms with Crippen molar-refractivity contribution in [3.8, 4) is 10.4 Å². The molecule has 1 aromatic heterocycles. The van der Waals surface area contributed by atoms with Gasteiger partial charge in [0.25, 0.3) is 0 Å². The summed E-state index contributed by atoms with van der Waals surface area (Å²) in [6, 6.07) is 22.0. The average molecular weight is 504 g/mol. The summed E-state index contributed by atoms with van der Waals surface area (Å²) in [5, 5.41) is 20.2. The fourth-order valence-electron chi connectivity index (χ4n) is 5.87. The minimum absolute atomic E-state index is 0.0443. The number of aromatic carboxylic acids is 1. The molecule has 2 fully saturated rings. The summed E-state index contributed by atoms with van der Waals surface area (Å²) in [6.45, 7) is 0. The van der Waals surface area contributed by atoms with Crippen LogP contribution in [-0.4, -0.2) is 34.2 Å². The number of aliphatic hydroxyl groups excluding tert-OH is 1. The van der Waals surface area contributed by atoms with E-state index in [1.807, 2.05) is 47.4 Å². The van der Waals surface area contributed by atoms with Crippen molar-refractivity contribution < 1.29 is 19.8 Å². The van der Waals surface area contributed by atoms with Gasteiger partial charge in [-0.05, 0) is 74.5 Å². The van der Waals surface area contributed by atoms with E-state index in [4.69, 9.17) is 0 Å². The summed E-state index contributed by atoms with van der Waals surface area (Å²) in [5.74, 6) is -0.603. The monoisotopic (exact) mass is 503 g/mol. The van der Waals surface area contributed by atoms with Crippen LogP contribution in [0.4, 0.5) is 5.69 Å². The molecule has 2 saturated carbocycles. The van der Waals surface area contributed by atoms with E-state index in [1.54, 1.807) is 0 Å². The Balaban J connectivity index is 1.44. The third kappa shape index (κ3) is 5.25. The van der Waals surface area contributed by atoms with Gasteiger partial charge >= 0.3 is 5.97 Å².